The van der Waals surface area contributed by atoms with E-state index < -0.39 is 57.9 Å². The van der Waals surface area contributed by atoms with Gasteiger partial charge in [0.2, 0.25) is 11.6 Å². The van der Waals surface area contributed by atoms with Gasteiger partial charge in [0.25, 0.3) is 0 Å². The van der Waals surface area contributed by atoms with E-state index in [1.54, 1.807) is 22.8 Å². The van der Waals surface area contributed by atoms with E-state index in [-0.39, 0.29) is 89.0 Å². The van der Waals surface area contributed by atoms with E-state index >= 15 is 0 Å². The normalized spacial score (nSPS) is 18.6. The monoisotopic (exact) mass is 1050 g/mol. The summed E-state index contributed by atoms with van der Waals surface area (Å²) in [5.41, 5.74) is 2.19. The number of fused-ring (bicyclic) bond motifs is 2. The van der Waals surface area contributed by atoms with Crippen LogP contribution in [0.2, 0.25) is 0 Å². The molecular weight excluding hydrogens is 987 g/mol. The van der Waals surface area contributed by atoms with Gasteiger partial charge in [-0.1, -0.05) is 38.5 Å². The number of amides is 2. The third-order valence-electron chi connectivity index (χ3n) is 12.3. The number of rotatable bonds is 24. The van der Waals surface area contributed by atoms with Gasteiger partial charge in [-0.3, -0.25) is 4.79 Å². The molecule has 2 heterocycles. The molecule has 2 aromatic carbocycles. The minimum absolute atomic E-state index is 0. The number of carbonyl (C=O) groups excluding carboxylic acids is 2. The Morgan fingerprint density at radius 2 is 1.40 bits per heavy atom. The fourth-order valence-corrected chi connectivity index (χ4v) is 10.3. The van der Waals surface area contributed by atoms with Crippen molar-refractivity contribution >= 4 is 59.4 Å². The van der Waals surface area contributed by atoms with Gasteiger partial charge in [0.15, 0.2) is 5.71 Å². The SMILES string of the molecule is CC1(C)C(/C=C/C=C2/N(CCCCCC(=O)NCCOCCOCCNC(=O)OC3CC/C=C/CCC3)c3ccc(S(=O)(=O)[O-])cc3C2(C)C)=[N+](CCCS(=O)(=O)[O-])c2ccc(S(=O)(=O)[O-])cc21.[Na+].[Na+]. The standard InChI is InChI=1S/C47H66N4O14S3.2Na/c1-46(2)38-33-36(67(57,58)59)20-22-40(38)50(26-12-8-11-19-44(52)48-24-28-63-30-31-64-29-25-49-45(53)65-35-15-9-6-5-7-10-16-35)42(46)17-13-18-43-47(3,4)39-34-37(68(60,61)62)21-23-41(39)51(43)27-14-32-66(54,55)56;;/h5-6,13,17-18,20-23,33-35H,7-12,14-16,19,24-32H2,1-4H3,(H4-,48,49,52,53,54,55,56,57,58,59,60,61,62);;/q;2*+1/p-2/b6-5+;;. The van der Waals surface area contributed by atoms with Gasteiger partial charge in [-0.2, -0.15) is 4.58 Å². The molecule has 18 nitrogen and oxygen atoms in total. The van der Waals surface area contributed by atoms with Crippen molar-refractivity contribution in [2.24, 2.45) is 0 Å². The quantitative estimate of drug-likeness (QED) is 0.0437. The molecule has 0 saturated heterocycles. The first-order chi connectivity index (χ1) is 32.0. The molecule has 376 valence electrons. The van der Waals surface area contributed by atoms with Crippen LogP contribution in [0.3, 0.4) is 0 Å². The Balaban J connectivity index is 0.00000648. The molecule has 0 bridgehead atoms. The van der Waals surface area contributed by atoms with Crippen LogP contribution in [0.4, 0.5) is 16.2 Å². The van der Waals surface area contributed by atoms with E-state index in [0.717, 1.165) is 37.8 Å². The van der Waals surface area contributed by atoms with Crippen LogP contribution in [0.25, 0.3) is 0 Å². The van der Waals surface area contributed by atoms with Crippen LogP contribution >= 0.6 is 0 Å². The zero-order valence-corrected chi connectivity index (χ0v) is 47.6. The maximum Gasteiger partial charge on any atom is 1.00 e. The van der Waals surface area contributed by atoms with Gasteiger partial charge in [0, 0.05) is 72.7 Å². The van der Waals surface area contributed by atoms with E-state index in [2.05, 4.69) is 22.8 Å². The molecule has 2 amide bonds. The molecule has 3 aliphatic rings. The number of allylic oxidation sites excluding steroid dienone is 6. The zero-order chi connectivity index (χ0) is 49.8. The fraction of sp³-hybridized carbons (Fsp3) is 0.553. The molecule has 0 fully saturated rings. The van der Waals surface area contributed by atoms with Gasteiger partial charge < -0.3 is 43.4 Å². The number of hydrogen-bond acceptors (Lipinski definition) is 15. The Hall–Kier alpha value is -2.48. The maximum atomic E-state index is 12.6. The minimum Gasteiger partial charge on any atom is -0.748 e. The Morgan fingerprint density at radius 1 is 0.771 bits per heavy atom. The van der Waals surface area contributed by atoms with Crippen LogP contribution in [0.1, 0.15) is 103 Å². The average Bonchev–Trinajstić information content (AvgIpc) is 3.58. The van der Waals surface area contributed by atoms with E-state index in [1.807, 2.05) is 38.7 Å². The average molecular weight is 1050 g/mol. The predicted molar refractivity (Wildman–Crippen MR) is 252 cm³/mol. The van der Waals surface area contributed by atoms with Gasteiger partial charge in [-0.15, -0.1) is 0 Å². The molecular formula is C47H64N4Na2O14S3. The summed E-state index contributed by atoms with van der Waals surface area (Å²) in [6, 6.07) is 8.29. The summed E-state index contributed by atoms with van der Waals surface area (Å²) >= 11 is 0. The molecule has 0 aromatic heterocycles. The van der Waals surface area contributed by atoms with Crippen molar-refractivity contribution in [2.45, 2.75) is 119 Å². The van der Waals surface area contributed by atoms with E-state index in [9.17, 15) is 48.5 Å². The van der Waals surface area contributed by atoms with E-state index in [4.69, 9.17) is 14.2 Å². The molecule has 0 saturated carbocycles. The summed E-state index contributed by atoms with van der Waals surface area (Å²) in [6.07, 6.45) is 16.0. The smallest absolute Gasteiger partial charge is 0.748 e. The van der Waals surface area contributed by atoms with Gasteiger partial charge in [-0.25, -0.2) is 30.0 Å². The van der Waals surface area contributed by atoms with Crippen LogP contribution < -0.4 is 74.6 Å². The molecule has 0 radical (unpaired) electrons. The Bertz CT molecular complexity index is 2600. The van der Waals surface area contributed by atoms with E-state index in [0.29, 0.717) is 100.0 Å². The molecule has 23 heteroatoms. The van der Waals surface area contributed by atoms with Crippen molar-refractivity contribution in [3.8, 4) is 0 Å². The summed E-state index contributed by atoms with van der Waals surface area (Å²) in [5, 5.41) is 5.57. The van der Waals surface area contributed by atoms with Crippen LogP contribution in [-0.2, 0) is 60.2 Å². The van der Waals surface area contributed by atoms with E-state index in [1.165, 1.54) is 30.3 Å². The molecule has 0 spiro atoms. The second-order valence-electron chi connectivity index (χ2n) is 18.1. The largest absolute Gasteiger partial charge is 1.00 e. The molecule has 1 unspecified atom stereocenters. The Labute approximate surface area is 458 Å². The Morgan fingerprint density at radius 3 is 2.06 bits per heavy atom. The number of benzene rings is 2. The minimum atomic E-state index is -4.79. The third-order valence-corrected chi connectivity index (χ3v) is 14.8. The zero-order valence-electron chi connectivity index (χ0n) is 41.2. The van der Waals surface area contributed by atoms with Crippen molar-refractivity contribution in [1.29, 1.82) is 0 Å². The van der Waals surface area contributed by atoms with Crippen LogP contribution in [-0.4, -0.2) is 126 Å². The second kappa shape index (κ2) is 27.7. The van der Waals surface area contributed by atoms with Crippen LogP contribution in [0.15, 0.2) is 82.3 Å². The third kappa shape index (κ3) is 17.9. The van der Waals surface area contributed by atoms with Crippen LogP contribution in [0.5, 0.6) is 0 Å². The predicted octanol–water partition coefficient (Wildman–Crippen LogP) is -0.623. The molecule has 5 rings (SSSR count). The van der Waals surface area contributed by atoms with Gasteiger partial charge in [0.05, 0.1) is 51.8 Å². The number of carbonyl (C=O) groups is 2. The molecule has 2 aliphatic heterocycles. The van der Waals surface area contributed by atoms with Crippen molar-refractivity contribution in [1.82, 2.24) is 10.6 Å². The van der Waals surface area contributed by atoms with Crippen molar-refractivity contribution in [3.63, 3.8) is 0 Å². The summed E-state index contributed by atoms with van der Waals surface area (Å²) in [7, 11) is -14.1. The topological polar surface area (TPSA) is 264 Å². The number of ether oxygens (including phenoxy) is 3. The molecule has 70 heavy (non-hydrogen) atoms. The van der Waals surface area contributed by atoms with Gasteiger partial charge in [-0.05, 0) is 101 Å². The van der Waals surface area contributed by atoms with Gasteiger partial charge in [0.1, 0.15) is 32.9 Å². The first-order valence-corrected chi connectivity index (χ1v) is 27.4. The van der Waals surface area contributed by atoms with Crippen molar-refractivity contribution in [2.75, 3.05) is 63.3 Å². The number of nitrogens with one attached hydrogen (secondary N) is 2. The number of hydrogen-bond donors (Lipinski definition) is 2. The molecule has 1 aliphatic carbocycles. The summed E-state index contributed by atoms with van der Waals surface area (Å²) < 4.78 is 125. The summed E-state index contributed by atoms with van der Waals surface area (Å²) in [4.78, 5) is 26.0. The first kappa shape index (κ1) is 61.8. The molecule has 2 aromatic rings. The summed E-state index contributed by atoms with van der Waals surface area (Å²) in [5.74, 6) is -0.736. The second-order valence-corrected chi connectivity index (χ2v) is 22.3. The van der Waals surface area contributed by atoms with Crippen molar-refractivity contribution in [3.05, 3.63) is 83.6 Å². The first-order valence-electron chi connectivity index (χ1n) is 23.0. The number of alkyl carbamates (subject to hydrolysis) is 1. The number of unbranched alkanes of at least 4 members (excludes halogenated alkanes) is 2. The van der Waals surface area contributed by atoms with Crippen molar-refractivity contribution < 1.29 is 126 Å². The van der Waals surface area contributed by atoms with Crippen LogP contribution in [0, 0.1) is 0 Å². The summed E-state index contributed by atoms with van der Waals surface area (Å²) in [6.45, 7) is 10.0. The molecule has 1 atom stereocenters. The molecule has 2 N–H and O–H groups in total. The number of nitrogens with zero attached hydrogens (tertiary/aromatic N) is 2. The number of anilines is 1. The maximum absolute atomic E-state index is 12.6. The van der Waals surface area contributed by atoms with Gasteiger partial charge >= 0.3 is 65.2 Å². The Kier molecular flexibility index (Phi) is 24.5. The fourth-order valence-electron chi connectivity index (χ4n) is 8.80.